The number of aliphatic imine (C=N–C) groups is 1. The molecule has 29 heavy (non-hydrogen) atoms. The Morgan fingerprint density at radius 3 is 2.72 bits per heavy atom. The van der Waals surface area contributed by atoms with Crippen molar-refractivity contribution in [3.05, 3.63) is 82.8 Å². The first kappa shape index (κ1) is 17.6. The van der Waals surface area contributed by atoms with Crippen LogP contribution in [0.25, 0.3) is 33.5 Å². The van der Waals surface area contributed by atoms with Crippen molar-refractivity contribution >= 4 is 49.8 Å². The number of phenols is 1. The number of nitrogens with zero attached hydrogens (tertiary/aromatic N) is 3. The van der Waals surface area contributed by atoms with E-state index in [-0.39, 0.29) is 5.75 Å². The molecule has 2 N–H and O–H groups in total. The number of aromatic nitrogens is 3. The molecule has 0 aliphatic heterocycles. The van der Waals surface area contributed by atoms with Crippen molar-refractivity contribution in [1.82, 2.24) is 15.0 Å². The highest BCUT2D eigenvalue weighted by molar-refractivity contribution is 9.10. The summed E-state index contributed by atoms with van der Waals surface area (Å²) in [5.74, 6) is 0.893. The lowest BCUT2D eigenvalue weighted by molar-refractivity contribution is 0.474. The molecule has 0 saturated heterocycles. The molecule has 6 heteroatoms. The molecule has 0 bridgehead atoms. The van der Waals surface area contributed by atoms with Gasteiger partial charge in [-0.1, -0.05) is 46.3 Å². The van der Waals surface area contributed by atoms with Gasteiger partial charge in [0, 0.05) is 21.6 Å². The highest BCUT2D eigenvalue weighted by atomic mass is 79.9. The maximum Gasteiger partial charge on any atom is 0.157 e. The van der Waals surface area contributed by atoms with Crippen molar-refractivity contribution in [2.24, 2.45) is 4.99 Å². The van der Waals surface area contributed by atoms with E-state index in [4.69, 9.17) is 4.98 Å². The van der Waals surface area contributed by atoms with Gasteiger partial charge in [0.25, 0.3) is 0 Å². The third-order valence-corrected chi connectivity index (χ3v) is 5.16. The van der Waals surface area contributed by atoms with Gasteiger partial charge in [0.1, 0.15) is 11.4 Å². The van der Waals surface area contributed by atoms with Crippen LogP contribution in [-0.2, 0) is 0 Å². The number of fused-ring (bicyclic) bond motifs is 2. The van der Waals surface area contributed by atoms with Crippen molar-refractivity contribution < 1.29 is 5.11 Å². The van der Waals surface area contributed by atoms with E-state index in [0.29, 0.717) is 5.56 Å². The van der Waals surface area contributed by atoms with Gasteiger partial charge in [-0.15, -0.1) is 0 Å². The third kappa shape index (κ3) is 3.39. The smallest absolute Gasteiger partial charge is 0.157 e. The predicted octanol–water partition coefficient (Wildman–Crippen LogP) is 6.00. The number of para-hydroxylation sites is 3. The summed E-state index contributed by atoms with van der Waals surface area (Å²) in [5, 5.41) is 11.0. The van der Waals surface area contributed by atoms with E-state index in [0.717, 1.165) is 43.6 Å². The average molecular weight is 443 g/mol. The van der Waals surface area contributed by atoms with Crippen LogP contribution in [-0.4, -0.2) is 26.3 Å². The SMILES string of the molecule is Oc1ccc(Br)cc1C=Nc1cccc2ccc(-c3nc4ccccc4[nH]3)nc12. The quantitative estimate of drug-likeness (QED) is 0.336. The van der Waals surface area contributed by atoms with Crippen LogP contribution in [0.2, 0.25) is 0 Å². The zero-order valence-electron chi connectivity index (χ0n) is 15.2. The molecule has 0 radical (unpaired) electrons. The van der Waals surface area contributed by atoms with Crippen LogP contribution < -0.4 is 0 Å². The fourth-order valence-electron chi connectivity index (χ4n) is 3.21. The molecule has 0 spiro atoms. The molecule has 0 fully saturated rings. The number of phenolic OH excluding ortho intramolecular Hbond substituents is 1. The molecule has 0 aliphatic carbocycles. The normalized spacial score (nSPS) is 11.6. The van der Waals surface area contributed by atoms with Crippen LogP contribution in [0, 0.1) is 0 Å². The van der Waals surface area contributed by atoms with Crippen LogP contribution in [0.5, 0.6) is 5.75 Å². The third-order valence-electron chi connectivity index (χ3n) is 4.66. The molecule has 0 atom stereocenters. The van der Waals surface area contributed by atoms with Crippen molar-refractivity contribution in [2.75, 3.05) is 0 Å². The Morgan fingerprint density at radius 1 is 0.931 bits per heavy atom. The van der Waals surface area contributed by atoms with Crippen molar-refractivity contribution in [1.29, 1.82) is 0 Å². The predicted molar refractivity (Wildman–Crippen MR) is 120 cm³/mol. The Bertz CT molecular complexity index is 1360. The Labute approximate surface area is 174 Å². The first-order valence-electron chi connectivity index (χ1n) is 9.05. The van der Waals surface area contributed by atoms with Crippen LogP contribution in [0.3, 0.4) is 0 Å². The number of hydrogen-bond acceptors (Lipinski definition) is 4. The molecule has 2 heterocycles. The van der Waals surface area contributed by atoms with Gasteiger partial charge in [-0.2, -0.15) is 0 Å². The molecule has 0 unspecified atom stereocenters. The van der Waals surface area contributed by atoms with Gasteiger partial charge in [0.05, 0.1) is 22.2 Å². The second kappa shape index (κ2) is 7.14. The molecule has 5 nitrogen and oxygen atoms in total. The van der Waals surface area contributed by atoms with Crippen LogP contribution >= 0.6 is 15.9 Å². The molecule has 0 saturated carbocycles. The lowest BCUT2D eigenvalue weighted by atomic mass is 10.1. The highest BCUT2D eigenvalue weighted by Gasteiger charge is 2.09. The summed E-state index contributed by atoms with van der Waals surface area (Å²) >= 11 is 3.42. The molecular weight excluding hydrogens is 428 g/mol. The lowest BCUT2D eigenvalue weighted by Gasteiger charge is -2.04. The number of nitrogens with one attached hydrogen (secondary N) is 1. The zero-order valence-corrected chi connectivity index (χ0v) is 16.8. The van der Waals surface area contributed by atoms with E-state index in [1.165, 1.54) is 0 Å². The van der Waals surface area contributed by atoms with Gasteiger partial charge in [0.2, 0.25) is 0 Å². The molecular formula is C23H15BrN4O. The first-order valence-corrected chi connectivity index (χ1v) is 9.84. The average Bonchev–Trinajstić information content (AvgIpc) is 3.18. The van der Waals surface area contributed by atoms with Crippen LogP contribution in [0.15, 0.2) is 82.3 Å². The Kier molecular flexibility index (Phi) is 4.33. The zero-order chi connectivity index (χ0) is 19.8. The van der Waals surface area contributed by atoms with Gasteiger partial charge in [0.15, 0.2) is 5.82 Å². The van der Waals surface area contributed by atoms with E-state index in [2.05, 4.69) is 30.9 Å². The number of aromatic hydroxyl groups is 1. The summed E-state index contributed by atoms with van der Waals surface area (Å²) in [5.41, 5.74) is 4.75. The molecule has 0 aliphatic rings. The number of halogens is 1. The Morgan fingerprint density at radius 2 is 1.83 bits per heavy atom. The van der Waals surface area contributed by atoms with Gasteiger partial charge in [-0.3, -0.25) is 4.99 Å². The van der Waals surface area contributed by atoms with Crippen LogP contribution in [0.1, 0.15) is 5.56 Å². The molecule has 5 rings (SSSR count). The van der Waals surface area contributed by atoms with Gasteiger partial charge >= 0.3 is 0 Å². The summed E-state index contributed by atoms with van der Waals surface area (Å²) in [4.78, 5) is 17.4. The minimum Gasteiger partial charge on any atom is -0.507 e. The summed E-state index contributed by atoms with van der Waals surface area (Å²) in [6.07, 6.45) is 1.64. The fourth-order valence-corrected chi connectivity index (χ4v) is 3.59. The highest BCUT2D eigenvalue weighted by Crippen LogP contribution is 2.28. The monoisotopic (exact) mass is 442 g/mol. The second-order valence-electron chi connectivity index (χ2n) is 6.61. The maximum absolute atomic E-state index is 10.0. The summed E-state index contributed by atoms with van der Waals surface area (Å²) < 4.78 is 0.875. The Balaban J connectivity index is 1.60. The number of aromatic amines is 1. The van der Waals surface area contributed by atoms with Crippen molar-refractivity contribution in [3.63, 3.8) is 0 Å². The summed E-state index contributed by atoms with van der Waals surface area (Å²) in [6, 6.07) is 22.9. The Hall–Kier alpha value is -3.51. The molecule has 140 valence electrons. The van der Waals surface area contributed by atoms with Gasteiger partial charge < -0.3 is 10.1 Å². The molecule has 3 aromatic carbocycles. The largest absolute Gasteiger partial charge is 0.507 e. The first-order chi connectivity index (χ1) is 14.2. The minimum absolute atomic E-state index is 0.174. The van der Waals surface area contributed by atoms with E-state index >= 15 is 0 Å². The van der Waals surface area contributed by atoms with E-state index in [9.17, 15) is 5.11 Å². The van der Waals surface area contributed by atoms with E-state index in [1.54, 1.807) is 18.3 Å². The van der Waals surface area contributed by atoms with Gasteiger partial charge in [-0.05, 0) is 42.5 Å². The van der Waals surface area contributed by atoms with E-state index < -0.39 is 0 Å². The topological polar surface area (TPSA) is 74.2 Å². The van der Waals surface area contributed by atoms with Crippen molar-refractivity contribution in [3.8, 4) is 17.3 Å². The number of imidazole rings is 1. The summed E-state index contributed by atoms with van der Waals surface area (Å²) in [6.45, 7) is 0. The standard InChI is InChI=1S/C23H15BrN4O/c24-16-9-11-21(29)15(12-16)13-25-19-7-3-4-14-8-10-20(26-22(14)19)23-27-17-5-1-2-6-18(17)28-23/h1-13,29H,(H,27,28). The number of hydrogen-bond donors (Lipinski definition) is 2. The van der Waals surface area contributed by atoms with Gasteiger partial charge in [-0.25, -0.2) is 9.97 Å². The summed E-state index contributed by atoms with van der Waals surface area (Å²) in [7, 11) is 0. The second-order valence-corrected chi connectivity index (χ2v) is 7.52. The maximum atomic E-state index is 10.0. The van der Waals surface area contributed by atoms with Crippen molar-refractivity contribution in [2.45, 2.75) is 0 Å². The molecule has 5 aromatic rings. The molecule has 2 aromatic heterocycles. The lowest BCUT2D eigenvalue weighted by Crippen LogP contribution is -1.88. The van der Waals surface area contributed by atoms with E-state index in [1.807, 2.05) is 60.7 Å². The van der Waals surface area contributed by atoms with Crippen LogP contribution in [0.4, 0.5) is 5.69 Å². The number of pyridine rings is 1. The number of H-pyrrole nitrogens is 1. The fraction of sp³-hybridized carbons (Fsp3) is 0. The minimum atomic E-state index is 0.174. The molecule has 0 amide bonds. The number of benzene rings is 3. The number of rotatable bonds is 3.